The second-order valence-corrected chi connectivity index (χ2v) is 18.1. The van der Waals surface area contributed by atoms with Crippen molar-refractivity contribution in [1.29, 1.82) is 0 Å². The fourth-order valence-corrected chi connectivity index (χ4v) is 19.2. The number of hydrogen-bond acceptors (Lipinski definition) is 5. The summed E-state index contributed by atoms with van der Waals surface area (Å²) in [4.78, 5) is 0. The van der Waals surface area contributed by atoms with Gasteiger partial charge in [-0.3, -0.25) is 0 Å². The Morgan fingerprint density at radius 1 is 0.643 bits per heavy atom. The minimum absolute atomic E-state index is 0.109. The van der Waals surface area contributed by atoms with E-state index in [1.807, 2.05) is 74.5 Å². The average Bonchev–Trinajstić information content (AvgIpc) is 2.60. The second-order valence-electron chi connectivity index (χ2n) is 6.30. The molecule has 0 amide bonds. The molecule has 28 heavy (non-hydrogen) atoms. The third-order valence-corrected chi connectivity index (χ3v) is 16.4. The summed E-state index contributed by atoms with van der Waals surface area (Å²) >= 11 is 26.4. The molecule has 12 heteroatoms. The molecule has 1 aliphatic heterocycles. The number of halogens is 4. The van der Waals surface area contributed by atoms with Crippen molar-refractivity contribution < 1.29 is 0 Å². The number of hydrogen-bond donors (Lipinski definition) is 2. The Kier molecular flexibility index (Phi) is 7.47. The highest BCUT2D eigenvalue weighted by Crippen LogP contribution is 2.83. The van der Waals surface area contributed by atoms with Crippen molar-refractivity contribution in [2.45, 2.75) is 25.9 Å². The molecular weight excluding hydrogens is 497 g/mol. The molecule has 0 unspecified atom stereocenters. The molecule has 0 radical (unpaired) electrons. The van der Waals surface area contributed by atoms with Gasteiger partial charge in [0.1, 0.15) is 0 Å². The van der Waals surface area contributed by atoms with E-state index in [1.165, 1.54) is 0 Å². The van der Waals surface area contributed by atoms with Crippen LogP contribution in [0.1, 0.15) is 37.1 Å². The van der Waals surface area contributed by atoms with Crippen molar-refractivity contribution in [3.63, 3.8) is 0 Å². The van der Waals surface area contributed by atoms with Gasteiger partial charge in [-0.25, -0.2) is 10.2 Å². The van der Waals surface area contributed by atoms with Crippen molar-refractivity contribution in [3.05, 3.63) is 71.8 Å². The van der Waals surface area contributed by atoms with E-state index in [2.05, 4.69) is 23.7 Å². The van der Waals surface area contributed by atoms with Gasteiger partial charge in [-0.15, -0.1) is 0 Å². The Bertz CT molecular complexity index is 941. The lowest BCUT2D eigenvalue weighted by atomic mass is 10.1. The maximum Gasteiger partial charge on any atom is 0.257 e. The lowest BCUT2D eigenvalue weighted by Gasteiger charge is -2.29. The molecule has 2 N–H and O–H groups in total. The van der Waals surface area contributed by atoms with E-state index in [9.17, 15) is 0 Å². The van der Waals surface area contributed by atoms with Gasteiger partial charge in [0.25, 0.3) is 5.91 Å². The zero-order chi connectivity index (χ0) is 20.4. The van der Waals surface area contributed by atoms with Crippen LogP contribution >= 0.6 is 64.3 Å². The molecule has 1 heterocycles. The summed E-state index contributed by atoms with van der Waals surface area (Å²) in [5.41, 5.74) is 2.10. The Labute approximate surface area is 185 Å². The van der Waals surface area contributed by atoms with Crippen LogP contribution in [0.5, 0.6) is 0 Å². The zero-order valence-electron chi connectivity index (χ0n) is 15.1. The monoisotopic (exact) mass is 515 g/mol. The lowest BCUT2D eigenvalue weighted by molar-refractivity contribution is 0.739. The maximum atomic E-state index is 6.79. The lowest BCUT2D eigenvalue weighted by Crippen LogP contribution is -2.15. The van der Waals surface area contributed by atoms with Gasteiger partial charge in [0.15, 0.2) is 0 Å². The standard InChI is InChI=1S/C16H20Cl4N5P3/c1-13(15-9-5-3-6-10-15)21-27(19)23-26(17,18)24-28(20,25-27)22-14(2)16-11-7-4-8-12-16/h3-14,21-22H,1-2H3/t13-,14+,27-,28-/m1/s1. The van der Waals surface area contributed by atoms with Crippen LogP contribution < -0.4 is 10.2 Å². The van der Waals surface area contributed by atoms with Gasteiger partial charge < -0.3 is 0 Å². The van der Waals surface area contributed by atoms with Crippen molar-refractivity contribution in [3.8, 4) is 0 Å². The Hall–Kier alpha value is 0.210. The fourth-order valence-electron chi connectivity index (χ4n) is 2.72. The van der Waals surface area contributed by atoms with Crippen LogP contribution in [0.4, 0.5) is 0 Å². The van der Waals surface area contributed by atoms with Crippen molar-refractivity contribution in [1.82, 2.24) is 10.2 Å². The molecule has 0 aliphatic carbocycles. The highest BCUT2D eigenvalue weighted by Gasteiger charge is 2.35. The molecule has 0 aromatic heterocycles. The molecule has 0 spiro atoms. The molecule has 2 aromatic carbocycles. The first-order valence-corrected chi connectivity index (χ1v) is 17.2. The van der Waals surface area contributed by atoms with E-state index >= 15 is 0 Å². The number of nitrogens with zero attached hydrogens (tertiary/aromatic N) is 3. The summed E-state index contributed by atoms with van der Waals surface area (Å²) in [6, 6.07) is 19.5. The molecule has 152 valence electrons. The predicted molar refractivity (Wildman–Crippen MR) is 127 cm³/mol. The van der Waals surface area contributed by atoms with Crippen LogP contribution in [0.15, 0.2) is 74.2 Å². The van der Waals surface area contributed by atoms with E-state index in [-0.39, 0.29) is 12.1 Å². The van der Waals surface area contributed by atoms with Crippen molar-refractivity contribution in [2.75, 3.05) is 0 Å². The van der Waals surface area contributed by atoms with Gasteiger partial charge in [0.05, 0.1) is 0 Å². The Morgan fingerprint density at radius 3 is 1.46 bits per heavy atom. The van der Waals surface area contributed by atoms with Gasteiger partial charge in [-0.05, 0) is 69.9 Å². The van der Waals surface area contributed by atoms with Crippen LogP contribution in [-0.2, 0) is 0 Å². The maximum absolute atomic E-state index is 6.79. The largest absolute Gasteiger partial charge is 0.257 e. The van der Waals surface area contributed by atoms with E-state index in [4.69, 9.17) is 45.0 Å². The molecule has 5 nitrogen and oxygen atoms in total. The van der Waals surface area contributed by atoms with E-state index in [1.54, 1.807) is 0 Å². The molecule has 0 fully saturated rings. The Balaban J connectivity index is 1.92. The van der Waals surface area contributed by atoms with Gasteiger partial charge in [-0.2, -0.15) is 13.5 Å². The first kappa shape index (κ1) is 22.9. The van der Waals surface area contributed by atoms with Gasteiger partial charge >= 0.3 is 0 Å². The summed E-state index contributed by atoms with van der Waals surface area (Å²) < 4.78 is 13.4. The number of nitrogens with one attached hydrogen (secondary N) is 2. The third kappa shape index (κ3) is 6.11. The topological polar surface area (TPSA) is 61.1 Å². The molecule has 0 saturated carbocycles. The van der Waals surface area contributed by atoms with Crippen LogP contribution in [0, 0.1) is 0 Å². The summed E-state index contributed by atoms with van der Waals surface area (Å²) in [7, 11) is 0. The van der Waals surface area contributed by atoms with E-state index in [0.29, 0.717) is 0 Å². The van der Waals surface area contributed by atoms with Crippen molar-refractivity contribution >= 4 is 64.3 Å². The van der Waals surface area contributed by atoms with Crippen molar-refractivity contribution in [2.24, 2.45) is 13.5 Å². The van der Waals surface area contributed by atoms with Crippen LogP contribution in [0.25, 0.3) is 0 Å². The van der Waals surface area contributed by atoms with E-state index in [0.717, 1.165) is 11.1 Å². The number of rotatable bonds is 6. The highest BCUT2D eigenvalue weighted by molar-refractivity contribution is 8.17. The third-order valence-electron chi connectivity index (χ3n) is 4.00. The number of benzene rings is 2. The molecule has 3 rings (SSSR count). The molecule has 0 saturated heterocycles. The highest BCUT2D eigenvalue weighted by atomic mass is 35.9. The minimum atomic E-state index is -3.06. The van der Waals surface area contributed by atoms with Gasteiger partial charge in [-0.1, -0.05) is 60.7 Å². The fraction of sp³-hybridized carbons (Fsp3) is 0.250. The van der Waals surface area contributed by atoms with E-state index < -0.39 is 19.3 Å². The van der Waals surface area contributed by atoms with Gasteiger partial charge in [0.2, 0.25) is 13.4 Å². The average molecular weight is 517 g/mol. The second kappa shape index (κ2) is 9.15. The molecule has 0 bridgehead atoms. The SMILES string of the molecule is C[C@H](N[P@@]1(Cl)=N[P@](Cl)(N[C@H](C)c2ccccc2)=NP(Cl)(Cl)=N1)c1ccccc1. The Morgan fingerprint density at radius 2 is 1.04 bits per heavy atom. The quantitative estimate of drug-likeness (QED) is 0.375. The molecule has 1 aliphatic rings. The zero-order valence-corrected chi connectivity index (χ0v) is 20.8. The first-order valence-electron chi connectivity index (χ1n) is 8.45. The smallest absolute Gasteiger partial charge is 0.246 e. The first-order chi connectivity index (χ1) is 13.1. The molecular formula is C16H20Cl4N5P3. The molecule has 4 atom stereocenters. The minimum Gasteiger partial charge on any atom is -0.246 e. The summed E-state index contributed by atoms with van der Waals surface area (Å²) in [6.07, 6.45) is 0. The summed E-state index contributed by atoms with van der Waals surface area (Å²) in [6.45, 7) is -1.96. The van der Waals surface area contributed by atoms with Crippen LogP contribution in [0.3, 0.4) is 0 Å². The normalized spacial score (nSPS) is 28.4. The van der Waals surface area contributed by atoms with Crippen LogP contribution in [-0.4, -0.2) is 0 Å². The predicted octanol–water partition coefficient (Wildman–Crippen LogP) is 9.50. The summed E-state index contributed by atoms with van der Waals surface area (Å²) in [5.74, 6) is -3.06. The molecule has 2 aromatic rings. The summed E-state index contributed by atoms with van der Waals surface area (Å²) in [5, 5.41) is 6.56. The van der Waals surface area contributed by atoms with Gasteiger partial charge in [0, 0.05) is 12.1 Å². The van der Waals surface area contributed by atoms with Crippen LogP contribution in [0.2, 0.25) is 0 Å².